The third-order valence-corrected chi connectivity index (χ3v) is 6.41. The number of rotatable bonds is 9. The summed E-state index contributed by atoms with van der Waals surface area (Å²) >= 11 is 0. The van der Waals surface area contributed by atoms with E-state index in [9.17, 15) is 22.4 Å². The molecular formula is C23H28FN3O5S. The number of nitrogens with zero attached hydrogens (tertiary/aromatic N) is 2. The zero-order chi connectivity index (χ0) is 23.8. The number of hydrogen-bond donors (Lipinski definition) is 1. The third kappa shape index (κ3) is 7.26. The van der Waals surface area contributed by atoms with Crippen LogP contribution in [0.5, 0.6) is 0 Å². The summed E-state index contributed by atoms with van der Waals surface area (Å²) in [5.41, 5.74) is 1.70. The van der Waals surface area contributed by atoms with Gasteiger partial charge in [0.2, 0.25) is 15.9 Å². The van der Waals surface area contributed by atoms with Crippen LogP contribution in [0, 0.1) is 5.82 Å². The fraction of sp³-hybridized carbons (Fsp3) is 0.391. The molecule has 178 valence electrons. The van der Waals surface area contributed by atoms with E-state index in [-0.39, 0.29) is 18.3 Å². The predicted molar refractivity (Wildman–Crippen MR) is 123 cm³/mol. The van der Waals surface area contributed by atoms with Gasteiger partial charge in [-0.25, -0.2) is 12.8 Å². The summed E-state index contributed by atoms with van der Waals surface area (Å²) in [6.07, 6.45) is 2.32. The molecule has 8 nitrogen and oxygen atoms in total. The normalized spacial score (nSPS) is 14.1. The van der Waals surface area contributed by atoms with E-state index in [1.165, 1.54) is 24.3 Å². The molecule has 3 rings (SSSR count). The van der Waals surface area contributed by atoms with Gasteiger partial charge >= 0.3 is 0 Å². The van der Waals surface area contributed by atoms with Crippen LogP contribution in [-0.2, 0) is 26.0 Å². The number of anilines is 1. The van der Waals surface area contributed by atoms with E-state index in [0.29, 0.717) is 56.9 Å². The first-order valence-corrected chi connectivity index (χ1v) is 12.5. The standard InChI is InChI=1S/C23H28FN3O5S/c1-33(30,31)27(17-22(28)25-12-2-3-18-4-8-20(24)9-5-18)21-10-6-19(7-11-21)23(29)26-13-15-32-16-14-26/h4-11H,2-3,12-17H2,1H3,(H,25,28). The topological polar surface area (TPSA) is 96.0 Å². The smallest absolute Gasteiger partial charge is 0.254 e. The molecule has 0 aromatic heterocycles. The Morgan fingerprint density at radius 2 is 1.70 bits per heavy atom. The fourth-order valence-electron chi connectivity index (χ4n) is 3.48. The lowest BCUT2D eigenvalue weighted by molar-refractivity contribution is -0.119. The molecule has 0 aliphatic carbocycles. The molecule has 1 fully saturated rings. The van der Waals surface area contributed by atoms with Crippen molar-refractivity contribution in [2.75, 3.05) is 50.0 Å². The van der Waals surface area contributed by atoms with E-state index in [0.717, 1.165) is 16.1 Å². The Bertz CT molecular complexity index is 1050. The van der Waals surface area contributed by atoms with Crippen LogP contribution in [0.1, 0.15) is 22.3 Å². The van der Waals surface area contributed by atoms with Gasteiger partial charge in [0.05, 0.1) is 25.2 Å². The van der Waals surface area contributed by atoms with Crippen LogP contribution in [-0.4, -0.2) is 70.8 Å². The highest BCUT2D eigenvalue weighted by atomic mass is 32.2. The minimum Gasteiger partial charge on any atom is -0.378 e. The second-order valence-electron chi connectivity index (χ2n) is 7.80. The quantitative estimate of drug-likeness (QED) is 0.556. The largest absolute Gasteiger partial charge is 0.378 e. The maximum absolute atomic E-state index is 13.0. The van der Waals surface area contributed by atoms with Gasteiger partial charge in [0.15, 0.2) is 0 Å². The van der Waals surface area contributed by atoms with Gasteiger partial charge in [0.25, 0.3) is 5.91 Å². The van der Waals surface area contributed by atoms with Gasteiger partial charge in [-0.05, 0) is 54.8 Å². The fourth-order valence-corrected chi connectivity index (χ4v) is 4.33. The number of morpholine rings is 1. The van der Waals surface area contributed by atoms with Crippen molar-refractivity contribution in [3.8, 4) is 0 Å². The Balaban J connectivity index is 1.56. The first-order valence-electron chi connectivity index (χ1n) is 10.7. The van der Waals surface area contributed by atoms with Gasteiger partial charge in [-0.1, -0.05) is 12.1 Å². The highest BCUT2D eigenvalue weighted by Gasteiger charge is 2.22. The average molecular weight is 478 g/mol. The zero-order valence-corrected chi connectivity index (χ0v) is 19.3. The Hall–Kier alpha value is -2.98. The number of amides is 2. The van der Waals surface area contributed by atoms with Crippen molar-refractivity contribution in [1.82, 2.24) is 10.2 Å². The van der Waals surface area contributed by atoms with Crippen LogP contribution >= 0.6 is 0 Å². The zero-order valence-electron chi connectivity index (χ0n) is 18.5. The maximum atomic E-state index is 13.0. The summed E-state index contributed by atoms with van der Waals surface area (Å²) in [5, 5.41) is 2.72. The second kappa shape index (κ2) is 11.2. The minimum atomic E-state index is -3.72. The summed E-state index contributed by atoms with van der Waals surface area (Å²) in [7, 11) is -3.72. The van der Waals surface area contributed by atoms with Crippen molar-refractivity contribution < 1.29 is 27.1 Å². The van der Waals surface area contributed by atoms with Crippen molar-refractivity contribution in [3.63, 3.8) is 0 Å². The molecule has 10 heteroatoms. The van der Waals surface area contributed by atoms with Crippen molar-refractivity contribution >= 4 is 27.5 Å². The summed E-state index contributed by atoms with van der Waals surface area (Å²) in [5.74, 6) is -0.880. The van der Waals surface area contributed by atoms with E-state index in [1.807, 2.05) is 0 Å². The van der Waals surface area contributed by atoms with E-state index in [1.54, 1.807) is 29.2 Å². The number of hydrogen-bond acceptors (Lipinski definition) is 5. The van der Waals surface area contributed by atoms with Crippen LogP contribution in [0.15, 0.2) is 48.5 Å². The van der Waals surface area contributed by atoms with Crippen LogP contribution in [0.3, 0.4) is 0 Å². The molecule has 1 saturated heterocycles. The molecule has 1 N–H and O–H groups in total. The summed E-state index contributed by atoms with van der Waals surface area (Å²) < 4.78 is 43.8. The van der Waals surface area contributed by atoms with E-state index >= 15 is 0 Å². The third-order valence-electron chi connectivity index (χ3n) is 5.27. The van der Waals surface area contributed by atoms with Crippen LogP contribution in [0.4, 0.5) is 10.1 Å². The Kier molecular flexibility index (Phi) is 8.40. The molecule has 2 aromatic carbocycles. The Labute approximate surface area is 193 Å². The molecule has 0 unspecified atom stereocenters. The molecule has 0 spiro atoms. The first kappa shape index (κ1) is 24.7. The number of aryl methyl sites for hydroxylation is 1. The van der Waals surface area contributed by atoms with E-state index in [4.69, 9.17) is 4.74 Å². The van der Waals surface area contributed by atoms with Crippen molar-refractivity contribution in [2.45, 2.75) is 12.8 Å². The van der Waals surface area contributed by atoms with Gasteiger partial charge in [-0.2, -0.15) is 0 Å². The lowest BCUT2D eigenvalue weighted by Crippen LogP contribution is -2.41. The summed E-state index contributed by atoms with van der Waals surface area (Å²) in [4.78, 5) is 26.6. The molecule has 2 amide bonds. The van der Waals surface area contributed by atoms with Gasteiger partial charge in [0, 0.05) is 25.2 Å². The van der Waals surface area contributed by atoms with Crippen molar-refractivity contribution in [1.29, 1.82) is 0 Å². The molecule has 0 bridgehead atoms. The number of ether oxygens (including phenoxy) is 1. The lowest BCUT2D eigenvalue weighted by atomic mass is 10.1. The van der Waals surface area contributed by atoms with Crippen LogP contribution in [0.25, 0.3) is 0 Å². The monoisotopic (exact) mass is 477 g/mol. The number of halogens is 1. The number of benzene rings is 2. The summed E-state index contributed by atoms with van der Waals surface area (Å²) in [6, 6.07) is 12.3. The van der Waals surface area contributed by atoms with Crippen LogP contribution in [0.2, 0.25) is 0 Å². The number of nitrogens with one attached hydrogen (secondary N) is 1. The Morgan fingerprint density at radius 3 is 2.30 bits per heavy atom. The van der Waals surface area contributed by atoms with Gasteiger partial charge < -0.3 is 15.0 Å². The molecular weight excluding hydrogens is 449 g/mol. The second-order valence-corrected chi connectivity index (χ2v) is 9.71. The average Bonchev–Trinajstić information content (AvgIpc) is 2.81. The maximum Gasteiger partial charge on any atom is 0.254 e. The first-order chi connectivity index (χ1) is 15.7. The number of carbonyl (C=O) groups excluding carboxylic acids is 2. The molecule has 2 aromatic rings. The van der Waals surface area contributed by atoms with Crippen molar-refractivity contribution in [2.24, 2.45) is 0 Å². The summed E-state index contributed by atoms with van der Waals surface area (Å²) in [6.45, 7) is 2.00. The SMILES string of the molecule is CS(=O)(=O)N(CC(=O)NCCCc1ccc(F)cc1)c1ccc(C(=O)N2CCOCC2)cc1. The van der Waals surface area contributed by atoms with Crippen molar-refractivity contribution in [3.05, 3.63) is 65.5 Å². The van der Waals surface area contributed by atoms with Gasteiger partial charge in [0.1, 0.15) is 12.4 Å². The molecule has 0 radical (unpaired) electrons. The molecule has 33 heavy (non-hydrogen) atoms. The molecule has 1 heterocycles. The molecule has 1 aliphatic heterocycles. The highest BCUT2D eigenvalue weighted by Crippen LogP contribution is 2.19. The number of sulfonamides is 1. The molecule has 1 aliphatic rings. The molecule has 0 saturated carbocycles. The minimum absolute atomic E-state index is 0.144. The number of carbonyl (C=O) groups is 2. The van der Waals surface area contributed by atoms with Gasteiger partial charge in [-0.3, -0.25) is 13.9 Å². The van der Waals surface area contributed by atoms with Gasteiger partial charge in [-0.15, -0.1) is 0 Å². The molecule has 0 atom stereocenters. The Morgan fingerprint density at radius 1 is 1.06 bits per heavy atom. The predicted octanol–water partition coefficient (Wildman–Crippen LogP) is 1.81. The van der Waals surface area contributed by atoms with E-state index < -0.39 is 15.9 Å². The van der Waals surface area contributed by atoms with E-state index in [2.05, 4.69) is 5.32 Å². The van der Waals surface area contributed by atoms with Crippen LogP contribution < -0.4 is 9.62 Å². The highest BCUT2D eigenvalue weighted by molar-refractivity contribution is 7.92. The lowest BCUT2D eigenvalue weighted by Gasteiger charge is -2.27.